The molecule has 4 nitrogen and oxygen atoms in total. The molecule has 1 aliphatic carbocycles. The largest absolute Gasteiger partial charge is 0.493 e. The molecule has 19 heavy (non-hydrogen) atoms. The highest BCUT2D eigenvalue weighted by molar-refractivity contribution is 5.88. The molecule has 0 radical (unpaired) electrons. The Morgan fingerprint density at radius 2 is 1.74 bits per heavy atom. The zero-order valence-corrected chi connectivity index (χ0v) is 11.2. The van der Waals surface area contributed by atoms with Crippen molar-refractivity contribution in [3.8, 4) is 11.5 Å². The molecular formula is C15H17NO3. The van der Waals surface area contributed by atoms with Gasteiger partial charge in [0.25, 0.3) is 0 Å². The van der Waals surface area contributed by atoms with Gasteiger partial charge in [-0.15, -0.1) is 0 Å². The molecule has 1 N–H and O–H groups in total. The summed E-state index contributed by atoms with van der Waals surface area (Å²) in [6, 6.07) is 4.08. The van der Waals surface area contributed by atoms with Crippen LogP contribution in [0.2, 0.25) is 0 Å². The quantitative estimate of drug-likeness (QED) is 0.886. The maximum atomic E-state index is 11.5. The van der Waals surface area contributed by atoms with Crippen LogP contribution in [0.5, 0.6) is 11.5 Å². The number of hydrogen-bond acceptors (Lipinski definition) is 3. The predicted octanol–water partition coefficient (Wildman–Crippen LogP) is 2.27. The summed E-state index contributed by atoms with van der Waals surface area (Å²) in [6.07, 6.45) is 3.19. The van der Waals surface area contributed by atoms with Crippen molar-refractivity contribution in [2.24, 2.45) is 0 Å². The van der Waals surface area contributed by atoms with Crippen LogP contribution in [0.15, 0.2) is 17.8 Å². The van der Waals surface area contributed by atoms with Gasteiger partial charge < -0.3 is 14.8 Å². The minimum atomic E-state index is 0.127. The second-order valence-electron chi connectivity index (χ2n) is 4.87. The highest BCUT2D eigenvalue weighted by atomic mass is 16.5. The number of aryl methyl sites for hydroxylation is 1. The number of methoxy groups -OCH3 is 2. The first-order chi connectivity index (χ1) is 9.22. The minimum absolute atomic E-state index is 0.127. The smallest absolute Gasteiger partial charge is 0.224 e. The second kappa shape index (κ2) is 4.61. The lowest BCUT2D eigenvalue weighted by molar-refractivity contribution is -0.120. The lowest BCUT2D eigenvalue weighted by Gasteiger charge is -2.28. The number of fused-ring (bicyclic) bond motifs is 2. The van der Waals surface area contributed by atoms with E-state index in [4.69, 9.17) is 9.47 Å². The Bertz CT molecular complexity index is 575. The monoisotopic (exact) mass is 259 g/mol. The van der Waals surface area contributed by atoms with Crippen LogP contribution in [0, 0.1) is 0 Å². The summed E-state index contributed by atoms with van der Waals surface area (Å²) in [4.78, 5) is 11.5. The third-order valence-electron chi connectivity index (χ3n) is 3.84. The number of allylic oxidation sites excluding steroid dienone is 2. The Balaban J connectivity index is 2.11. The number of hydrogen-bond donors (Lipinski definition) is 1. The van der Waals surface area contributed by atoms with Crippen molar-refractivity contribution in [3.63, 3.8) is 0 Å². The van der Waals surface area contributed by atoms with Gasteiger partial charge in [0, 0.05) is 12.1 Å². The Morgan fingerprint density at radius 1 is 1.00 bits per heavy atom. The first-order valence-electron chi connectivity index (χ1n) is 6.50. The van der Waals surface area contributed by atoms with Crippen molar-refractivity contribution in [1.82, 2.24) is 5.32 Å². The van der Waals surface area contributed by atoms with Crippen molar-refractivity contribution >= 4 is 11.5 Å². The summed E-state index contributed by atoms with van der Waals surface area (Å²) in [6.45, 7) is 0. The average Bonchev–Trinajstić information content (AvgIpc) is 2.45. The van der Waals surface area contributed by atoms with E-state index in [0.29, 0.717) is 6.42 Å². The van der Waals surface area contributed by atoms with Crippen molar-refractivity contribution < 1.29 is 14.3 Å². The molecule has 1 heterocycles. The van der Waals surface area contributed by atoms with Gasteiger partial charge in [0.05, 0.1) is 14.2 Å². The summed E-state index contributed by atoms with van der Waals surface area (Å²) in [5.41, 5.74) is 4.80. The summed E-state index contributed by atoms with van der Waals surface area (Å²) in [5.74, 6) is 1.64. The van der Waals surface area contributed by atoms with Crippen LogP contribution in [-0.4, -0.2) is 20.1 Å². The molecule has 1 aromatic rings. The number of benzene rings is 1. The topological polar surface area (TPSA) is 47.6 Å². The van der Waals surface area contributed by atoms with Gasteiger partial charge in [-0.1, -0.05) is 0 Å². The molecule has 0 aromatic heterocycles. The van der Waals surface area contributed by atoms with E-state index in [1.807, 2.05) is 12.1 Å². The van der Waals surface area contributed by atoms with Gasteiger partial charge in [-0.2, -0.15) is 0 Å². The summed E-state index contributed by atoms with van der Waals surface area (Å²) < 4.78 is 10.7. The Hall–Kier alpha value is -1.97. The van der Waals surface area contributed by atoms with E-state index in [0.717, 1.165) is 36.5 Å². The van der Waals surface area contributed by atoms with E-state index in [-0.39, 0.29) is 5.91 Å². The molecule has 1 aliphatic heterocycles. The maximum Gasteiger partial charge on any atom is 0.224 e. The number of ether oxygens (including phenoxy) is 2. The first kappa shape index (κ1) is 12.1. The fraction of sp³-hybridized carbons (Fsp3) is 0.400. The molecule has 0 saturated carbocycles. The van der Waals surface area contributed by atoms with Crippen LogP contribution < -0.4 is 14.8 Å². The highest BCUT2D eigenvalue weighted by Gasteiger charge is 2.26. The van der Waals surface area contributed by atoms with Gasteiger partial charge in [-0.05, 0) is 48.1 Å². The zero-order valence-electron chi connectivity index (χ0n) is 11.2. The standard InChI is InChI=1S/C15H17NO3/c1-18-13-7-9-3-5-12-10(4-6-15(17)16-12)11(9)8-14(13)19-2/h7-8H,3-6H2,1-2H3,(H,16,17). The zero-order chi connectivity index (χ0) is 13.4. The van der Waals surface area contributed by atoms with Gasteiger partial charge >= 0.3 is 0 Å². The Morgan fingerprint density at radius 3 is 2.47 bits per heavy atom. The summed E-state index contributed by atoms with van der Waals surface area (Å²) >= 11 is 0. The number of nitrogens with one attached hydrogen (secondary N) is 1. The molecule has 0 saturated heterocycles. The molecule has 0 atom stereocenters. The highest BCUT2D eigenvalue weighted by Crippen LogP contribution is 2.40. The van der Waals surface area contributed by atoms with Crippen LogP contribution in [0.4, 0.5) is 0 Å². The molecule has 3 rings (SSSR count). The lowest BCUT2D eigenvalue weighted by atomic mass is 9.84. The molecule has 4 heteroatoms. The molecule has 0 fully saturated rings. The lowest BCUT2D eigenvalue weighted by Crippen LogP contribution is -2.29. The molecule has 0 bridgehead atoms. The number of amides is 1. The van der Waals surface area contributed by atoms with Crippen molar-refractivity contribution in [1.29, 1.82) is 0 Å². The summed E-state index contributed by atoms with van der Waals surface area (Å²) in [7, 11) is 3.30. The van der Waals surface area contributed by atoms with Gasteiger partial charge in [-0.25, -0.2) is 0 Å². The van der Waals surface area contributed by atoms with Crippen molar-refractivity contribution in [3.05, 3.63) is 29.0 Å². The maximum absolute atomic E-state index is 11.5. The molecule has 1 aromatic carbocycles. The molecule has 0 spiro atoms. The van der Waals surface area contributed by atoms with E-state index in [9.17, 15) is 4.79 Å². The van der Waals surface area contributed by atoms with E-state index < -0.39 is 0 Å². The number of carbonyl (C=O) groups excluding carboxylic acids is 1. The fourth-order valence-corrected chi connectivity index (χ4v) is 2.87. The molecule has 0 unspecified atom stereocenters. The van der Waals surface area contributed by atoms with Crippen molar-refractivity contribution in [2.75, 3.05) is 14.2 Å². The molecule has 1 amide bonds. The normalized spacial score (nSPS) is 17.5. The van der Waals surface area contributed by atoms with E-state index in [1.165, 1.54) is 16.7 Å². The predicted molar refractivity (Wildman–Crippen MR) is 72.2 cm³/mol. The van der Waals surface area contributed by atoms with E-state index >= 15 is 0 Å². The van der Waals surface area contributed by atoms with Crippen molar-refractivity contribution in [2.45, 2.75) is 25.7 Å². The van der Waals surface area contributed by atoms with Gasteiger partial charge in [0.15, 0.2) is 11.5 Å². The molecular weight excluding hydrogens is 242 g/mol. The minimum Gasteiger partial charge on any atom is -0.493 e. The first-order valence-corrected chi connectivity index (χ1v) is 6.50. The second-order valence-corrected chi connectivity index (χ2v) is 4.87. The van der Waals surface area contributed by atoms with Gasteiger partial charge in [0.2, 0.25) is 5.91 Å². The van der Waals surface area contributed by atoms with E-state index in [1.54, 1.807) is 14.2 Å². The van der Waals surface area contributed by atoms with Crippen LogP contribution >= 0.6 is 0 Å². The average molecular weight is 259 g/mol. The Labute approximate surface area is 112 Å². The molecule has 100 valence electrons. The third-order valence-corrected chi connectivity index (χ3v) is 3.84. The van der Waals surface area contributed by atoms with Gasteiger partial charge in [0.1, 0.15) is 0 Å². The SMILES string of the molecule is COc1cc2c(cc1OC)C1=C(CC2)NC(=O)CC1. The van der Waals surface area contributed by atoms with Crippen LogP contribution in [-0.2, 0) is 11.2 Å². The van der Waals surface area contributed by atoms with Gasteiger partial charge in [-0.3, -0.25) is 4.79 Å². The molecule has 2 aliphatic rings. The van der Waals surface area contributed by atoms with Crippen LogP contribution in [0.1, 0.15) is 30.4 Å². The van der Waals surface area contributed by atoms with Crippen LogP contribution in [0.3, 0.4) is 0 Å². The van der Waals surface area contributed by atoms with Crippen LogP contribution in [0.25, 0.3) is 5.57 Å². The van der Waals surface area contributed by atoms with E-state index in [2.05, 4.69) is 5.32 Å². The number of rotatable bonds is 2. The summed E-state index contributed by atoms with van der Waals surface area (Å²) in [5, 5.41) is 2.99. The third kappa shape index (κ3) is 1.97. The number of carbonyl (C=O) groups is 1. The Kier molecular flexibility index (Phi) is 2.93. The fourth-order valence-electron chi connectivity index (χ4n) is 2.87.